The molecule has 3 aromatic rings. The Morgan fingerprint density at radius 2 is 1.90 bits per heavy atom. The molecule has 3 rings (SSSR count). The van der Waals surface area contributed by atoms with Gasteiger partial charge in [-0.05, 0) is 46.3 Å². The van der Waals surface area contributed by atoms with Crippen molar-refractivity contribution in [3.8, 4) is 5.69 Å². The Bertz CT molecular complexity index is 848. The summed E-state index contributed by atoms with van der Waals surface area (Å²) in [6.07, 6.45) is 0. The molecule has 0 saturated carbocycles. The molecule has 0 radical (unpaired) electrons. The van der Waals surface area contributed by atoms with Crippen LogP contribution in [-0.2, 0) is 5.88 Å². The number of hydrogen-bond acceptors (Lipinski definition) is 1. The van der Waals surface area contributed by atoms with Crippen LogP contribution in [0.1, 0.15) is 5.82 Å². The molecule has 0 unspecified atom stereocenters. The molecule has 7 heteroatoms. The maximum absolute atomic E-state index is 14.1. The van der Waals surface area contributed by atoms with Gasteiger partial charge >= 0.3 is 0 Å². The van der Waals surface area contributed by atoms with Crippen LogP contribution in [0.25, 0.3) is 16.7 Å². The van der Waals surface area contributed by atoms with Gasteiger partial charge in [-0.3, -0.25) is 4.57 Å². The van der Waals surface area contributed by atoms with E-state index in [0.717, 1.165) is 6.07 Å². The van der Waals surface area contributed by atoms with Crippen LogP contribution in [0.5, 0.6) is 0 Å². The molecule has 0 fully saturated rings. The van der Waals surface area contributed by atoms with Gasteiger partial charge in [0.1, 0.15) is 17.2 Å². The molecule has 2 aromatic carbocycles. The van der Waals surface area contributed by atoms with Crippen LogP contribution in [0, 0.1) is 17.5 Å². The normalized spacial score (nSPS) is 11.3. The fourth-order valence-corrected chi connectivity index (χ4v) is 2.76. The van der Waals surface area contributed by atoms with Gasteiger partial charge in [0.15, 0.2) is 11.6 Å². The summed E-state index contributed by atoms with van der Waals surface area (Å²) in [5, 5.41) is 0. The number of nitrogens with zero attached hydrogens (tertiary/aromatic N) is 2. The Morgan fingerprint density at radius 1 is 1.14 bits per heavy atom. The summed E-state index contributed by atoms with van der Waals surface area (Å²) in [5.74, 6) is -2.29. The van der Waals surface area contributed by atoms with Crippen LogP contribution in [0.4, 0.5) is 13.2 Å². The smallest absolute Gasteiger partial charge is 0.185 e. The molecule has 0 amide bonds. The van der Waals surface area contributed by atoms with Gasteiger partial charge in [0, 0.05) is 4.47 Å². The van der Waals surface area contributed by atoms with Crippen molar-refractivity contribution < 1.29 is 13.2 Å². The topological polar surface area (TPSA) is 17.8 Å². The Morgan fingerprint density at radius 3 is 2.62 bits per heavy atom. The maximum Gasteiger partial charge on any atom is 0.185 e. The third-order valence-electron chi connectivity index (χ3n) is 3.05. The predicted molar refractivity (Wildman–Crippen MR) is 78.2 cm³/mol. The van der Waals surface area contributed by atoms with Crippen molar-refractivity contribution in [2.24, 2.45) is 0 Å². The Balaban J connectivity index is 2.45. The first-order chi connectivity index (χ1) is 10.0. The third-order valence-corrected chi connectivity index (χ3v) is 3.96. The predicted octanol–water partition coefficient (Wildman–Crippen LogP) is 4.94. The zero-order valence-electron chi connectivity index (χ0n) is 10.4. The molecule has 21 heavy (non-hydrogen) atoms. The number of rotatable bonds is 2. The average molecular weight is 376 g/mol. The second-order valence-corrected chi connectivity index (χ2v) is 5.44. The highest BCUT2D eigenvalue weighted by atomic mass is 79.9. The second-order valence-electron chi connectivity index (χ2n) is 4.32. The van der Waals surface area contributed by atoms with Gasteiger partial charge in [0.25, 0.3) is 0 Å². The van der Waals surface area contributed by atoms with Crippen molar-refractivity contribution in [1.29, 1.82) is 0 Å². The molecular formula is C14H7BrClF3N2. The minimum absolute atomic E-state index is 0.0291. The number of hydrogen-bond donors (Lipinski definition) is 0. The zero-order chi connectivity index (χ0) is 15.1. The van der Waals surface area contributed by atoms with E-state index in [2.05, 4.69) is 20.9 Å². The average Bonchev–Trinajstić information content (AvgIpc) is 2.84. The Kier molecular flexibility index (Phi) is 3.67. The van der Waals surface area contributed by atoms with E-state index in [4.69, 9.17) is 11.6 Å². The van der Waals surface area contributed by atoms with E-state index in [1.165, 1.54) is 28.8 Å². The Labute approximate surface area is 131 Å². The van der Waals surface area contributed by atoms with Crippen LogP contribution < -0.4 is 0 Å². The quantitative estimate of drug-likeness (QED) is 0.580. The zero-order valence-corrected chi connectivity index (χ0v) is 12.7. The molecule has 0 saturated heterocycles. The highest BCUT2D eigenvalue weighted by Crippen LogP contribution is 2.30. The standard InChI is InChI=1S/C14H7BrClF3N2/c15-8-2-1-7(17)5-11(8)21-12(6-16)20-10-4-3-9(18)13(19)14(10)21/h1-5H,6H2. The number of aromatic nitrogens is 2. The van der Waals surface area contributed by atoms with Crippen molar-refractivity contribution in [1.82, 2.24) is 9.55 Å². The fraction of sp³-hybridized carbons (Fsp3) is 0.0714. The number of imidazole rings is 1. The first-order valence-electron chi connectivity index (χ1n) is 5.89. The van der Waals surface area contributed by atoms with Gasteiger partial charge in [0.2, 0.25) is 0 Å². The number of alkyl halides is 1. The Hall–Kier alpha value is -1.53. The molecule has 1 heterocycles. The van der Waals surface area contributed by atoms with Gasteiger partial charge in [0.05, 0.1) is 17.1 Å². The van der Waals surface area contributed by atoms with Crippen LogP contribution in [0.3, 0.4) is 0 Å². The molecule has 1 aromatic heterocycles. The second kappa shape index (κ2) is 5.35. The maximum atomic E-state index is 14.1. The lowest BCUT2D eigenvalue weighted by molar-refractivity contribution is 0.514. The van der Waals surface area contributed by atoms with Gasteiger partial charge in [-0.25, -0.2) is 18.2 Å². The lowest BCUT2D eigenvalue weighted by atomic mass is 10.2. The summed E-state index contributed by atoms with van der Waals surface area (Å²) in [5.41, 5.74) is 0.482. The fourth-order valence-electron chi connectivity index (χ4n) is 2.16. The van der Waals surface area contributed by atoms with E-state index in [1.807, 2.05) is 0 Å². The summed E-state index contributed by atoms with van der Waals surface area (Å²) in [7, 11) is 0. The van der Waals surface area contributed by atoms with Gasteiger partial charge in [-0.1, -0.05) is 0 Å². The number of benzene rings is 2. The summed E-state index contributed by atoms with van der Waals surface area (Å²) in [6.45, 7) is 0. The summed E-state index contributed by atoms with van der Waals surface area (Å²) in [6, 6.07) is 6.28. The van der Waals surface area contributed by atoms with Crippen molar-refractivity contribution in [2.75, 3.05) is 0 Å². The monoisotopic (exact) mass is 374 g/mol. The van der Waals surface area contributed by atoms with E-state index in [0.29, 0.717) is 16.0 Å². The lowest BCUT2D eigenvalue weighted by Crippen LogP contribution is -2.03. The van der Waals surface area contributed by atoms with Gasteiger partial charge in [-0.2, -0.15) is 0 Å². The largest absolute Gasteiger partial charge is 0.291 e. The molecule has 108 valence electrons. The molecule has 0 atom stereocenters. The SMILES string of the molecule is Fc1ccc(Br)c(-n2c(CCl)nc3ccc(F)c(F)c32)c1. The molecule has 0 aliphatic carbocycles. The van der Waals surface area contributed by atoms with Crippen LogP contribution in [0.15, 0.2) is 34.8 Å². The van der Waals surface area contributed by atoms with Crippen LogP contribution in [0.2, 0.25) is 0 Å². The van der Waals surface area contributed by atoms with Crippen molar-refractivity contribution in [3.63, 3.8) is 0 Å². The first-order valence-corrected chi connectivity index (χ1v) is 7.22. The molecule has 0 bridgehead atoms. The highest BCUT2D eigenvalue weighted by molar-refractivity contribution is 9.10. The first kappa shape index (κ1) is 14.4. The molecule has 0 aliphatic heterocycles. The summed E-state index contributed by atoms with van der Waals surface area (Å²) >= 11 is 9.10. The summed E-state index contributed by atoms with van der Waals surface area (Å²) in [4.78, 5) is 4.16. The van der Waals surface area contributed by atoms with E-state index >= 15 is 0 Å². The van der Waals surface area contributed by atoms with Gasteiger partial charge in [-0.15, -0.1) is 11.6 Å². The van der Waals surface area contributed by atoms with E-state index in [1.54, 1.807) is 0 Å². The van der Waals surface area contributed by atoms with Gasteiger partial charge < -0.3 is 0 Å². The van der Waals surface area contributed by atoms with E-state index in [-0.39, 0.29) is 16.9 Å². The van der Waals surface area contributed by atoms with Crippen molar-refractivity contribution in [3.05, 3.63) is 58.1 Å². The van der Waals surface area contributed by atoms with Crippen molar-refractivity contribution >= 4 is 38.6 Å². The number of halogens is 5. The lowest BCUT2D eigenvalue weighted by Gasteiger charge is -2.10. The molecule has 0 N–H and O–H groups in total. The van der Waals surface area contributed by atoms with E-state index in [9.17, 15) is 13.2 Å². The van der Waals surface area contributed by atoms with Crippen LogP contribution in [-0.4, -0.2) is 9.55 Å². The minimum Gasteiger partial charge on any atom is -0.291 e. The van der Waals surface area contributed by atoms with Crippen LogP contribution >= 0.6 is 27.5 Å². The molecule has 2 nitrogen and oxygen atoms in total. The molecule has 0 spiro atoms. The summed E-state index contributed by atoms with van der Waals surface area (Å²) < 4.78 is 43.0. The van der Waals surface area contributed by atoms with Crippen molar-refractivity contribution in [2.45, 2.75) is 5.88 Å². The third kappa shape index (κ3) is 2.32. The highest BCUT2D eigenvalue weighted by Gasteiger charge is 2.19. The van der Waals surface area contributed by atoms with E-state index < -0.39 is 17.5 Å². The number of fused-ring (bicyclic) bond motifs is 1. The molecular weight excluding hydrogens is 369 g/mol. The molecule has 0 aliphatic rings. The minimum atomic E-state index is -1.05.